The smallest absolute Gasteiger partial charge is 0.316 e. The maximum Gasteiger partial charge on any atom is 0.416 e. The molecule has 0 radical (unpaired) electrons. The molecule has 6 heteroatoms. The number of benzene rings is 4. The first-order valence-corrected chi connectivity index (χ1v) is 10.6. The number of hydrogen-bond donors (Lipinski definition) is 0. The van der Waals surface area contributed by atoms with Crippen LogP contribution in [0.4, 0.5) is 28.9 Å². The lowest BCUT2D eigenvalue weighted by Gasteiger charge is -2.11. The first-order valence-electron chi connectivity index (χ1n) is 10.6. The first kappa shape index (κ1) is 21.6. The van der Waals surface area contributed by atoms with Gasteiger partial charge in [-0.3, -0.25) is 0 Å². The van der Waals surface area contributed by atoms with E-state index in [9.17, 15) is 17.6 Å². The summed E-state index contributed by atoms with van der Waals surface area (Å²) in [6.45, 7) is 0. The molecule has 2 nitrogen and oxygen atoms in total. The summed E-state index contributed by atoms with van der Waals surface area (Å²) >= 11 is 0. The summed E-state index contributed by atoms with van der Waals surface area (Å²) in [5, 5.41) is 0.831. The summed E-state index contributed by atoms with van der Waals surface area (Å²) in [4.78, 5) is 0. The maximum absolute atomic E-state index is 14.2. The fourth-order valence-corrected chi connectivity index (χ4v) is 4.01. The Balaban J connectivity index is 1.74. The van der Waals surface area contributed by atoms with Crippen molar-refractivity contribution in [2.45, 2.75) is 6.18 Å². The van der Waals surface area contributed by atoms with Gasteiger partial charge in [0.15, 0.2) is 6.21 Å². The van der Waals surface area contributed by atoms with Crippen molar-refractivity contribution in [3.8, 4) is 5.69 Å². The van der Waals surface area contributed by atoms with Crippen molar-refractivity contribution in [2.75, 3.05) is 0 Å². The molecule has 1 aromatic heterocycles. The van der Waals surface area contributed by atoms with Crippen molar-refractivity contribution >= 4 is 28.5 Å². The standard InChI is InChI=1S/C28H19F4N2/c29-22-15-21(28(30,31)32)16-25(17-22)34-19-20(26-13-7-8-14-27(26)34)18-33(23-9-3-1-4-10-23)24-11-5-2-6-12-24/h1-19H/q+1. The second-order valence-electron chi connectivity index (χ2n) is 7.84. The van der Waals surface area contributed by atoms with E-state index in [1.165, 1.54) is 0 Å². The van der Waals surface area contributed by atoms with Crippen LogP contribution in [-0.2, 0) is 6.18 Å². The maximum atomic E-state index is 14.2. The minimum absolute atomic E-state index is 0.106. The molecular weight excluding hydrogens is 440 g/mol. The Bertz CT molecular complexity index is 1440. The van der Waals surface area contributed by atoms with Crippen LogP contribution in [0.5, 0.6) is 0 Å². The van der Waals surface area contributed by atoms with Crippen molar-refractivity contribution in [1.29, 1.82) is 0 Å². The van der Waals surface area contributed by atoms with E-state index in [0.717, 1.165) is 34.5 Å². The Morgan fingerprint density at radius 3 is 1.91 bits per heavy atom. The molecule has 1 heterocycles. The lowest BCUT2D eigenvalue weighted by molar-refractivity contribution is -0.137. The predicted octanol–water partition coefficient (Wildman–Crippen LogP) is 7.74. The number of hydrogen-bond acceptors (Lipinski definition) is 0. The highest BCUT2D eigenvalue weighted by Gasteiger charge is 2.31. The third-order valence-corrected chi connectivity index (χ3v) is 5.57. The normalized spacial score (nSPS) is 11.5. The van der Waals surface area contributed by atoms with Gasteiger partial charge in [0, 0.05) is 41.5 Å². The minimum Gasteiger partial charge on any atom is -0.316 e. The zero-order chi connectivity index (χ0) is 23.7. The van der Waals surface area contributed by atoms with Gasteiger partial charge in [-0.25, -0.2) is 4.39 Å². The topological polar surface area (TPSA) is 7.94 Å². The molecule has 0 saturated carbocycles. The largest absolute Gasteiger partial charge is 0.416 e. The summed E-state index contributed by atoms with van der Waals surface area (Å²) in [7, 11) is 0. The van der Waals surface area contributed by atoms with Crippen LogP contribution in [0.25, 0.3) is 16.6 Å². The van der Waals surface area contributed by atoms with Crippen LogP contribution in [0, 0.1) is 5.82 Å². The number of fused-ring (bicyclic) bond motifs is 1. The molecule has 0 saturated heterocycles. The summed E-state index contributed by atoms with van der Waals surface area (Å²) in [5.41, 5.74) is 2.39. The number of halogens is 4. The van der Waals surface area contributed by atoms with Crippen molar-refractivity contribution < 1.29 is 17.6 Å². The van der Waals surface area contributed by atoms with Crippen LogP contribution in [0.15, 0.2) is 109 Å². The monoisotopic (exact) mass is 459 g/mol. The van der Waals surface area contributed by atoms with Gasteiger partial charge in [-0.15, -0.1) is 0 Å². The first-order chi connectivity index (χ1) is 16.4. The molecule has 0 N–H and O–H groups in total. The van der Waals surface area contributed by atoms with Gasteiger partial charge in [-0.05, 0) is 24.3 Å². The van der Waals surface area contributed by atoms with Gasteiger partial charge in [0.05, 0.1) is 16.6 Å². The molecule has 34 heavy (non-hydrogen) atoms. The highest BCUT2D eigenvalue weighted by molar-refractivity contribution is 6.01. The van der Waals surface area contributed by atoms with Crippen LogP contribution >= 0.6 is 0 Å². The van der Waals surface area contributed by atoms with Crippen molar-refractivity contribution in [2.24, 2.45) is 0 Å². The van der Waals surface area contributed by atoms with Gasteiger partial charge < -0.3 is 4.57 Å². The molecule has 0 aliphatic carbocycles. The van der Waals surface area contributed by atoms with Gasteiger partial charge in [-0.2, -0.15) is 17.7 Å². The highest BCUT2D eigenvalue weighted by atomic mass is 19.4. The predicted molar refractivity (Wildman–Crippen MR) is 128 cm³/mol. The van der Waals surface area contributed by atoms with E-state index in [1.807, 2.05) is 83.6 Å². The molecule has 0 amide bonds. The third-order valence-electron chi connectivity index (χ3n) is 5.57. The molecule has 0 aliphatic heterocycles. The fraction of sp³-hybridized carbons (Fsp3) is 0.0357. The zero-order valence-electron chi connectivity index (χ0n) is 17.9. The van der Waals surface area contributed by atoms with Gasteiger partial charge in [0.1, 0.15) is 5.82 Å². The molecule has 0 atom stereocenters. The van der Waals surface area contributed by atoms with Crippen LogP contribution in [0.3, 0.4) is 0 Å². The molecule has 0 bridgehead atoms. The lowest BCUT2D eigenvalue weighted by atomic mass is 10.1. The van der Waals surface area contributed by atoms with E-state index >= 15 is 0 Å². The number of aromatic nitrogens is 1. The summed E-state index contributed by atoms with van der Waals surface area (Å²) in [6.07, 6.45) is -0.974. The van der Waals surface area contributed by atoms with Gasteiger partial charge in [0.2, 0.25) is 11.4 Å². The quantitative estimate of drug-likeness (QED) is 0.148. The third kappa shape index (κ3) is 4.22. The molecule has 0 aliphatic rings. The van der Waals surface area contributed by atoms with E-state index < -0.39 is 17.6 Å². The van der Waals surface area contributed by atoms with E-state index in [0.29, 0.717) is 11.6 Å². The molecule has 4 aromatic carbocycles. The number of nitrogens with zero attached hydrogens (tertiary/aromatic N) is 2. The molecule has 0 unspecified atom stereocenters. The molecular formula is C28H19F4N2+. The Morgan fingerprint density at radius 1 is 0.706 bits per heavy atom. The summed E-state index contributed by atoms with van der Waals surface area (Å²) in [6, 6.07) is 29.5. The number of alkyl halides is 3. The molecule has 0 fully saturated rings. The highest BCUT2D eigenvalue weighted by Crippen LogP contribution is 2.33. The van der Waals surface area contributed by atoms with E-state index in [2.05, 4.69) is 0 Å². The summed E-state index contributed by atoms with van der Waals surface area (Å²) < 4.78 is 57.8. The number of para-hydroxylation sites is 3. The second-order valence-corrected chi connectivity index (χ2v) is 7.84. The Kier molecular flexibility index (Phi) is 5.49. The molecule has 5 aromatic rings. The van der Waals surface area contributed by atoms with Gasteiger partial charge >= 0.3 is 6.18 Å². The molecule has 5 rings (SSSR count). The molecule has 168 valence electrons. The summed E-state index contributed by atoms with van der Waals surface area (Å²) in [5.74, 6) is -0.941. The second kappa shape index (κ2) is 8.63. The number of rotatable bonds is 4. The van der Waals surface area contributed by atoms with E-state index in [4.69, 9.17) is 0 Å². The van der Waals surface area contributed by atoms with Crippen LogP contribution in [0.1, 0.15) is 11.1 Å². The van der Waals surface area contributed by atoms with Crippen molar-refractivity contribution in [1.82, 2.24) is 9.14 Å². The fourth-order valence-electron chi connectivity index (χ4n) is 4.01. The average molecular weight is 459 g/mol. The van der Waals surface area contributed by atoms with Gasteiger partial charge in [0.25, 0.3) is 0 Å². The Labute approximate surface area is 193 Å². The molecule has 0 spiro atoms. The SMILES string of the molecule is Fc1cc(-n2cc(C=[N+](c3ccccc3)c3ccccc3)c3ccccc32)cc(C(F)(F)F)c1. The average Bonchev–Trinajstić information content (AvgIpc) is 3.21. The van der Waals surface area contributed by atoms with E-state index in [1.54, 1.807) is 22.9 Å². The zero-order valence-corrected chi connectivity index (χ0v) is 17.9. The minimum atomic E-state index is -4.65. The van der Waals surface area contributed by atoms with Crippen molar-refractivity contribution in [3.63, 3.8) is 0 Å². The Hall–Kier alpha value is -4.19. The van der Waals surface area contributed by atoms with Crippen LogP contribution in [0.2, 0.25) is 0 Å². The van der Waals surface area contributed by atoms with E-state index in [-0.39, 0.29) is 5.69 Å². The van der Waals surface area contributed by atoms with Crippen LogP contribution in [-0.4, -0.2) is 10.8 Å². The van der Waals surface area contributed by atoms with Gasteiger partial charge in [-0.1, -0.05) is 54.6 Å². The van der Waals surface area contributed by atoms with Crippen molar-refractivity contribution in [3.05, 3.63) is 126 Å². The van der Waals surface area contributed by atoms with Crippen LogP contribution < -0.4 is 4.58 Å². The lowest BCUT2D eigenvalue weighted by Crippen LogP contribution is -2.07. The Morgan fingerprint density at radius 2 is 1.29 bits per heavy atom.